The number of fused-ring (bicyclic) bond motifs is 1. The maximum atomic E-state index is 13.5. The lowest BCUT2D eigenvalue weighted by Crippen LogP contribution is -2.51. The molecule has 1 heterocycles. The zero-order valence-electron chi connectivity index (χ0n) is 20.3. The molecule has 2 amide bonds. The molecule has 0 aliphatic carbocycles. The molecule has 3 rings (SSSR count). The fraction of sp³-hybridized carbons (Fsp3) is 0.320. The van der Waals surface area contributed by atoms with Gasteiger partial charge in [0.1, 0.15) is 0 Å². The number of carbonyl (C=O) groups excluding carboxylic acids is 2. The predicted octanol–water partition coefficient (Wildman–Crippen LogP) is 3.98. The van der Waals surface area contributed by atoms with Crippen molar-refractivity contribution in [1.29, 1.82) is 0 Å². The van der Waals surface area contributed by atoms with Gasteiger partial charge in [-0.15, -0.1) is 4.41 Å². The van der Waals surface area contributed by atoms with Gasteiger partial charge in [-0.1, -0.05) is 79.8 Å². The number of hydrogen-bond donors (Lipinski definition) is 3. The Bertz CT molecular complexity index is 1290. The molecule has 3 aromatic rings. The van der Waals surface area contributed by atoms with Crippen molar-refractivity contribution in [2.45, 2.75) is 26.7 Å². The third-order valence-electron chi connectivity index (χ3n) is 5.49. The highest BCUT2D eigenvalue weighted by atomic mass is 32.2. The molecule has 0 saturated carbocycles. The molecular weight excluding hydrogens is 500 g/mol. The second-order valence-corrected chi connectivity index (χ2v) is 11.7. The van der Waals surface area contributed by atoms with Crippen molar-refractivity contribution in [2.24, 2.45) is 17.8 Å². The van der Waals surface area contributed by atoms with Crippen molar-refractivity contribution in [3.63, 3.8) is 0 Å². The van der Waals surface area contributed by atoms with Crippen molar-refractivity contribution < 1.29 is 23.2 Å². The molecule has 192 valence electrons. The number of aromatic nitrogens is 1. The number of carbonyl (C=O) groups is 2. The Morgan fingerprint density at radius 3 is 2.33 bits per heavy atom. The number of hydroxylamine groups is 1. The Morgan fingerprint density at radius 1 is 1.06 bits per heavy atom. The Labute approximate surface area is 214 Å². The summed E-state index contributed by atoms with van der Waals surface area (Å²) >= 11 is 1.12. The fourth-order valence-corrected chi connectivity index (χ4v) is 5.75. The number of hydrazine groups is 1. The van der Waals surface area contributed by atoms with Crippen LogP contribution in [0.4, 0.5) is 5.13 Å². The van der Waals surface area contributed by atoms with Gasteiger partial charge < -0.3 is 0 Å². The van der Waals surface area contributed by atoms with Crippen LogP contribution in [-0.4, -0.2) is 36.7 Å². The van der Waals surface area contributed by atoms with Crippen LogP contribution in [0, 0.1) is 17.8 Å². The summed E-state index contributed by atoms with van der Waals surface area (Å²) in [6, 6.07) is 16.6. The number of allylic oxidation sites excluding steroid dienone is 1. The van der Waals surface area contributed by atoms with Gasteiger partial charge in [-0.3, -0.25) is 20.2 Å². The van der Waals surface area contributed by atoms with Gasteiger partial charge in [0.15, 0.2) is 0 Å². The standard InChI is InChI=1S/C25H30N4O5S2/c1-17(2)16-20(19(24(31)28-32)13-9-12-18-10-5-4-6-11-18)23(30)27-29(36(3,33)34)25-26-21-14-7-8-15-22(21)35-25/h4-12,14-15,17,19-20,32H,13,16H2,1-3H3,(H,27,30)(H,28,31)/t19-,20+/m0/s1. The quantitative estimate of drug-likeness (QED) is 0.254. The van der Waals surface area contributed by atoms with E-state index in [4.69, 9.17) is 0 Å². The molecule has 0 fully saturated rings. The molecule has 11 heteroatoms. The second-order valence-electron chi connectivity index (χ2n) is 8.83. The zero-order valence-corrected chi connectivity index (χ0v) is 21.9. The summed E-state index contributed by atoms with van der Waals surface area (Å²) < 4.78 is 26.8. The minimum Gasteiger partial charge on any atom is -0.289 e. The third kappa shape index (κ3) is 7.12. The van der Waals surface area contributed by atoms with E-state index >= 15 is 0 Å². The molecule has 36 heavy (non-hydrogen) atoms. The van der Waals surface area contributed by atoms with Crippen LogP contribution in [0.15, 0.2) is 60.7 Å². The van der Waals surface area contributed by atoms with E-state index in [1.807, 2.05) is 56.3 Å². The van der Waals surface area contributed by atoms with Crippen molar-refractivity contribution in [3.8, 4) is 0 Å². The molecule has 0 aliphatic rings. The number of rotatable bonds is 11. The molecule has 0 saturated heterocycles. The molecule has 2 atom stereocenters. The number of thiazole rings is 1. The molecule has 0 spiro atoms. The highest BCUT2D eigenvalue weighted by Crippen LogP contribution is 2.30. The highest BCUT2D eigenvalue weighted by molar-refractivity contribution is 7.92. The van der Waals surface area contributed by atoms with E-state index in [-0.39, 0.29) is 17.5 Å². The Morgan fingerprint density at radius 2 is 1.72 bits per heavy atom. The smallest absolute Gasteiger partial charge is 0.251 e. The van der Waals surface area contributed by atoms with Crippen LogP contribution in [0.25, 0.3) is 16.3 Å². The van der Waals surface area contributed by atoms with Gasteiger partial charge in [0.25, 0.3) is 10.0 Å². The average molecular weight is 531 g/mol. The molecule has 2 aromatic carbocycles. The lowest BCUT2D eigenvalue weighted by Gasteiger charge is -2.28. The summed E-state index contributed by atoms with van der Waals surface area (Å²) in [6.07, 6.45) is 5.01. The van der Waals surface area contributed by atoms with Crippen LogP contribution in [0.5, 0.6) is 0 Å². The Balaban J connectivity index is 1.90. The van der Waals surface area contributed by atoms with Gasteiger partial charge in [0.05, 0.1) is 28.3 Å². The van der Waals surface area contributed by atoms with Gasteiger partial charge in [0, 0.05) is 0 Å². The summed E-state index contributed by atoms with van der Waals surface area (Å²) in [7, 11) is -3.94. The topological polar surface area (TPSA) is 129 Å². The molecule has 0 aliphatic heterocycles. The third-order valence-corrected chi connectivity index (χ3v) is 7.56. The number of para-hydroxylation sites is 1. The normalized spacial score (nSPS) is 13.6. The predicted molar refractivity (Wildman–Crippen MR) is 142 cm³/mol. The fourth-order valence-electron chi connectivity index (χ4n) is 3.82. The van der Waals surface area contributed by atoms with Crippen LogP contribution < -0.4 is 15.3 Å². The first-order valence-corrected chi connectivity index (χ1v) is 14.1. The van der Waals surface area contributed by atoms with E-state index < -0.39 is 33.7 Å². The molecule has 9 nitrogen and oxygen atoms in total. The number of amides is 2. The van der Waals surface area contributed by atoms with E-state index in [2.05, 4.69) is 10.4 Å². The monoisotopic (exact) mass is 530 g/mol. The van der Waals surface area contributed by atoms with Gasteiger partial charge in [-0.25, -0.2) is 18.9 Å². The number of benzene rings is 2. The zero-order chi connectivity index (χ0) is 26.3. The van der Waals surface area contributed by atoms with Crippen LogP contribution in [-0.2, 0) is 19.6 Å². The van der Waals surface area contributed by atoms with Crippen LogP contribution in [0.1, 0.15) is 32.3 Å². The first-order chi connectivity index (χ1) is 17.1. The van der Waals surface area contributed by atoms with Crippen molar-refractivity contribution in [3.05, 3.63) is 66.2 Å². The van der Waals surface area contributed by atoms with Crippen LogP contribution in [0.2, 0.25) is 0 Å². The summed E-state index contributed by atoms with van der Waals surface area (Å²) in [5.41, 5.74) is 5.66. The van der Waals surface area contributed by atoms with Crippen molar-refractivity contribution in [1.82, 2.24) is 15.9 Å². The lowest BCUT2D eigenvalue weighted by molar-refractivity contribution is -0.140. The lowest BCUT2D eigenvalue weighted by atomic mass is 9.82. The summed E-state index contributed by atoms with van der Waals surface area (Å²) in [5, 5.41) is 9.47. The second kappa shape index (κ2) is 12.1. The van der Waals surface area contributed by atoms with E-state index in [0.29, 0.717) is 11.9 Å². The largest absolute Gasteiger partial charge is 0.289 e. The first-order valence-electron chi connectivity index (χ1n) is 11.4. The first kappa shape index (κ1) is 27.3. The van der Waals surface area contributed by atoms with Gasteiger partial charge in [0.2, 0.25) is 16.9 Å². The van der Waals surface area contributed by atoms with Crippen molar-refractivity contribution >= 4 is 54.6 Å². The number of nitrogens with one attached hydrogen (secondary N) is 2. The average Bonchev–Trinajstić information content (AvgIpc) is 3.27. The van der Waals surface area contributed by atoms with E-state index in [1.165, 1.54) is 0 Å². The SMILES string of the molecule is CC(C)C[C@@H](C(=O)NN(c1nc2ccccc2s1)S(C)(=O)=O)[C@H](CC=Cc1ccccc1)C(=O)NO. The molecule has 3 N–H and O–H groups in total. The Kier molecular flexibility index (Phi) is 9.19. The summed E-state index contributed by atoms with van der Waals surface area (Å²) in [6.45, 7) is 3.80. The summed E-state index contributed by atoms with van der Waals surface area (Å²) in [5.74, 6) is -3.22. The molecule has 0 radical (unpaired) electrons. The minimum atomic E-state index is -3.94. The Hall–Kier alpha value is -3.28. The summed E-state index contributed by atoms with van der Waals surface area (Å²) in [4.78, 5) is 30.5. The van der Waals surface area contributed by atoms with Gasteiger partial charge >= 0.3 is 0 Å². The highest BCUT2D eigenvalue weighted by Gasteiger charge is 2.36. The number of hydrogen-bond acceptors (Lipinski definition) is 7. The van der Waals surface area contributed by atoms with E-state index in [9.17, 15) is 23.2 Å². The maximum absolute atomic E-state index is 13.5. The molecule has 0 bridgehead atoms. The minimum absolute atomic E-state index is 0.0157. The molecule has 1 aromatic heterocycles. The van der Waals surface area contributed by atoms with E-state index in [1.54, 1.807) is 29.8 Å². The maximum Gasteiger partial charge on any atom is 0.251 e. The number of anilines is 1. The molecular formula is C25H30N4O5S2. The van der Waals surface area contributed by atoms with Crippen LogP contribution in [0.3, 0.4) is 0 Å². The van der Waals surface area contributed by atoms with E-state index in [0.717, 1.165) is 32.3 Å². The number of nitrogens with zero attached hydrogens (tertiary/aromatic N) is 2. The van der Waals surface area contributed by atoms with Crippen molar-refractivity contribution in [2.75, 3.05) is 10.7 Å². The number of sulfonamides is 1. The van der Waals surface area contributed by atoms with Crippen LogP contribution >= 0.6 is 11.3 Å². The van der Waals surface area contributed by atoms with Gasteiger partial charge in [-0.05, 0) is 36.5 Å². The molecule has 0 unspecified atom stereocenters. The van der Waals surface area contributed by atoms with Gasteiger partial charge in [-0.2, -0.15) is 0 Å².